The van der Waals surface area contributed by atoms with Gasteiger partial charge in [-0.05, 0) is 30.2 Å². The third-order valence-corrected chi connectivity index (χ3v) is 5.03. The van der Waals surface area contributed by atoms with E-state index in [0.29, 0.717) is 5.75 Å². The number of methoxy groups -OCH3 is 1. The van der Waals surface area contributed by atoms with Crippen LogP contribution in [0.15, 0.2) is 48.5 Å². The van der Waals surface area contributed by atoms with Gasteiger partial charge in [0.05, 0.1) is 19.1 Å². The molecule has 0 spiro atoms. The van der Waals surface area contributed by atoms with Crippen molar-refractivity contribution in [1.82, 2.24) is 10.6 Å². The van der Waals surface area contributed by atoms with E-state index in [0.717, 1.165) is 12.5 Å². The number of rotatable bonds is 6. The molecule has 3 rings (SSSR count). The van der Waals surface area contributed by atoms with Gasteiger partial charge in [-0.25, -0.2) is 4.79 Å². The zero-order valence-corrected chi connectivity index (χ0v) is 16.7. The average molecular weight is 438 g/mol. The Balaban J connectivity index is 1.94. The molecule has 0 radical (unpaired) electrons. The summed E-state index contributed by atoms with van der Waals surface area (Å²) in [5, 5.41) is 14.0. The molecule has 3 N–H and O–H groups in total. The average Bonchev–Trinajstić information content (AvgIpc) is 2.71. The van der Waals surface area contributed by atoms with Crippen molar-refractivity contribution in [2.45, 2.75) is 31.5 Å². The predicted molar refractivity (Wildman–Crippen MR) is 103 cm³/mol. The summed E-state index contributed by atoms with van der Waals surface area (Å²) in [6.07, 6.45) is -5.28. The minimum absolute atomic E-state index is 0.140. The summed E-state index contributed by atoms with van der Waals surface area (Å²) in [5.41, 5.74) is -2.69. The molecule has 1 fully saturated rings. The molecule has 0 saturated carbocycles. The van der Waals surface area contributed by atoms with Crippen LogP contribution in [0.3, 0.4) is 0 Å². The van der Waals surface area contributed by atoms with Crippen molar-refractivity contribution in [1.29, 1.82) is 0 Å². The summed E-state index contributed by atoms with van der Waals surface area (Å²) < 4.78 is 51.8. The highest BCUT2D eigenvalue weighted by Crippen LogP contribution is 2.44. The maximum atomic E-state index is 13.6. The Morgan fingerprint density at radius 2 is 1.84 bits per heavy atom. The molecule has 0 unspecified atom stereocenters. The molecule has 0 aliphatic carbocycles. The third kappa shape index (κ3) is 4.43. The van der Waals surface area contributed by atoms with Crippen LogP contribution < -0.4 is 20.1 Å². The number of carbonyl (C=O) groups excluding carboxylic acids is 2. The number of nitrogens with one attached hydrogen (secondary N) is 2. The van der Waals surface area contributed by atoms with Gasteiger partial charge in [-0.3, -0.25) is 4.79 Å². The van der Waals surface area contributed by atoms with Gasteiger partial charge in [0.2, 0.25) is 5.72 Å². The summed E-state index contributed by atoms with van der Waals surface area (Å²) in [4.78, 5) is 24.0. The lowest BCUT2D eigenvalue weighted by molar-refractivity contribution is -0.290. The molecule has 1 aliphatic rings. The molecular formula is C21H21F3N2O5. The SMILES string of the molecule is COc1cc([C@H]2NC(=O)N[C@](O)(C(F)(F)F)[C@@H]2C(C)=O)ccc1OCc1ccccc1. The molecule has 2 aromatic rings. The number of ether oxygens (including phenoxy) is 2. The molecule has 1 aliphatic heterocycles. The highest BCUT2D eigenvalue weighted by atomic mass is 19.4. The summed E-state index contributed by atoms with van der Waals surface area (Å²) in [6.45, 7) is 1.15. The van der Waals surface area contributed by atoms with Gasteiger partial charge in [0, 0.05) is 0 Å². The van der Waals surface area contributed by atoms with Gasteiger partial charge in [0.1, 0.15) is 12.4 Å². The number of carbonyl (C=O) groups is 2. The fourth-order valence-electron chi connectivity index (χ4n) is 3.54. The molecule has 2 amide bonds. The highest BCUT2D eigenvalue weighted by molar-refractivity contribution is 5.86. The van der Waals surface area contributed by atoms with E-state index in [1.165, 1.54) is 30.6 Å². The number of halogens is 3. The molecule has 0 aromatic heterocycles. The monoisotopic (exact) mass is 438 g/mol. The van der Waals surface area contributed by atoms with Gasteiger partial charge in [0.15, 0.2) is 11.5 Å². The molecule has 166 valence electrons. The second-order valence-corrected chi connectivity index (χ2v) is 7.11. The van der Waals surface area contributed by atoms with Crippen LogP contribution in [0.4, 0.5) is 18.0 Å². The van der Waals surface area contributed by atoms with Crippen molar-refractivity contribution in [3.8, 4) is 11.5 Å². The zero-order valence-electron chi connectivity index (χ0n) is 16.7. The lowest BCUT2D eigenvalue weighted by Gasteiger charge is -2.44. The Morgan fingerprint density at radius 1 is 1.16 bits per heavy atom. The van der Waals surface area contributed by atoms with E-state index in [1.54, 1.807) is 0 Å². The Bertz CT molecular complexity index is 967. The Kier molecular flexibility index (Phi) is 6.12. The molecule has 1 heterocycles. The largest absolute Gasteiger partial charge is 0.493 e. The molecule has 3 atom stereocenters. The number of ketones is 1. The second-order valence-electron chi connectivity index (χ2n) is 7.11. The fourth-order valence-corrected chi connectivity index (χ4v) is 3.54. The number of aliphatic hydroxyl groups is 1. The Labute approximate surface area is 176 Å². The van der Waals surface area contributed by atoms with Crippen molar-refractivity contribution in [3.05, 3.63) is 59.7 Å². The van der Waals surface area contributed by atoms with Crippen molar-refractivity contribution < 1.29 is 37.3 Å². The van der Waals surface area contributed by atoms with E-state index >= 15 is 0 Å². The first kappa shape index (κ1) is 22.4. The molecule has 31 heavy (non-hydrogen) atoms. The van der Waals surface area contributed by atoms with Crippen LogP contribution in [0, 0.1) is 5.92 Å². The summed E-state index contributed by atoms with van der Waals surface area (Å²) in [6, 6.07) is 10.8. The number of amides is 2. The van der Waals surface area contributed by atoms with E-state index in [4.69, 9.17) is 9.47 Å². The molecule has 1 saturated heterocycles. The highest BCUT2D eigenvalue weighted by Gasteiger charge is 2.65. The van der Waals surface area contributed by atoms with Crippen LogP contribution in [-0.2, 0) is 11.4 Å². The standard InChI is InChI=1S/C21H21F3N2O5/c1-12(27)17-18(25-19(28)26-20(17,29)21(22,23)24)14-8-9-15(16(10-14)30-2)31-11-13-6-4-3-5-7-13/h3-10,17-18,29H,11H2,1-2H3,(H2,25,26,28)/t17-,18-,20-/m1/s1. The number of Topliss-reactive ketones (excluding diaryl/α,β-unsaturated/α-hetero) is 1. The van der Waals surface area contributed by atoms with Crippen LogP contribution in [0.5, 0.6) is 11.5 Å². The van der Waals surface area contributed by atoms with Gasteiger partial charge >= 0.3 is 12.2 Å². The Morgan fingerprint density at radius 3 is 2.42 bits per heavy atom. The first-order valence-corrected chi connectivity index (χ1v) is 9.29. The smallest absolute Gasteiger partial charge is 0.437 e. The molecule has 7 nitrogen and oxygen atoms in total. The molecular weight excluding hydrogens is 417 g/mol. The summed E-state index contributed by atoms with van der Waals surface area (Å²) >= 11 is 0. The van der Waals surface area contributed by atoms with Gasteiger partial charge in [-0.2, -0.15) is 13.2 Å². The van der Waals surface area contributed by atoms with Crippen LogP contribution in [-0.4, -0.2) is 35.9 Å². The van der Waals surface area contributed by atoms with Gasteiger partial charge < -0.3 is 25.2 Å². The molecule has 2 aromatic carbocycles. The number of hydrogen-bond acceptors (Lipinski definition) is 5. The molecule has 10 heteroatoms. The minimum atomic E-state index is -5.28. The minimum Gasteiger partial charge on any atom is -0.493 e. The van der Waals surface area contributed by atoms with E-state index in [2.05, 4.69) is 5.32 Å². The maximum Gasteiger partial charge on any atom is 0.437 e. The van der Waals surface area contributed by atoms with Crippen molar-refractivity contribution in [2.75, 3.05) is 7.11 Å². The second kappa shape index (κ2) is 8.46. The fraction of sp³-hybridized carbons (Fsp3) is 0.333. The Hall–Kier alpha value is -3.27. The van der Waals surface area contributed by atoms with Crippen molar-refractivity contribution >= 4 is 11.8 Å². The number of alkyl halides is 3. The summed E-state index contributed by atoms with van der Waals surface area (Å²) in [5.74, 6) is -2.47. The summed E-state index contributed by atoms with van der Waals surface area (Å²) in [7, 11) is 1.35. The van der Waals surface area contributed by atoms with Crippen molar-refractivity contribution in [3.63, 3.8) is 0 Å². The number of hydrogen-bond donors (Lipinski definition) is 3. The van der Waals surface area contributed by atoms with Crippen LogP contribution in [0.2, 0.25) is 0 Å². The zero-order chi connectivity index (χ0) is 22.8. The van der Waals surface area contributed by atoms with Crippen molar-refractivity contribution in [2.24, 2.45) is 5.92 Å². The van der Waals surface area contributed by atoms with E-state index < -0.39 is 35.7 Å². The number of urea groups is 1. The first-order chi connectivity index (χ1) is 14.6. The van der Waals surface area contributed by atoms with E-state index in [9.17, 15) is 27.9 Å². The van der Waals surface area contributed by atoms with Crippen LogP contribution in [0.25, 0.3) is 0 Å². The maximum absolute atomic E-state index is 13.6. The third-order valence-electron chi connectivity index (χ3n) is 5.03. The van der Waals surface area contributed by atoms with Gasteiger partial charge in [-0.15, -0.1) is 0 Å². The normalized spacial score (nSPS) is 23.5. The predicted octanol–water partition coefficient (Wildman–Crippen LogP) is 3.08. The lowest BCUT2D eigenvalue weighted by atomic mass is 9.79. The number of benzene rings is 2. The first-order valence-electron chi connectivity index (χ1n) is 9.29. The van der Waals surface area contributed by atoms with Crippen LogP contribution >= 0.6 is 0 Å². The quantitative estimate of drug-likeness (QED) is 0.644. The van der Waals surface area contributed by atoms with E-state index in [1.807, 2.05) is 30.3 Å². The lowest BCUT2D eigenvalue weighted by Crippen LogP contribution is -2.72. The van der Waals surface area contributed by atoms with Gasteiger partial charge in [-0.1, -0.05) is 36.4 Å². The van der Waals surface area contributed by atoms with Gasteiger partial charge in [0.25, 0.3) is 0 Å². The topological polar surface area (TPSA) is 96.9 Å². The van der Waals surface area contributed by atoms with E-state index in [-0.39, 0.29) is 17.9 Å². The van der Waals surface area contributed by atoms with Crippen LogP contribution in [0.1, 0.15) is 24.1 Å². The molecule has 0 bridgehead atoms.